The van der Waals surface area contributed by atoms with Crippen molar-refractivity contribution in [1.82, 2.24) is 4.98 Å². The van der Waals surface area contributed by atoms with Crippen LogP contribution in [0.25, 0.3) is 10.2 Å². The summed E-state index contributed by atoms with van der Waals surface area (Å²) in [6.45, 7) is 3.87. The maximum absolute atomic E-state index is 12.4. The molecule has 0 atom stereocenters. The first-order valence-electron chi connectivity index (χ1n) is 6.59. The zero-order chi connectivity index (χ0) is 15.0. The molecule has 1 aromatic carbocycles. The number of hydrogen-bond acceptors (Lipinski definition) is 4. The quantitative estimate of drug-likeness (QED) is 0.757. The molecule has 5 heteroatoms. The van der Waals surface area contributed by atoms with Gasteiger partial charge < -0.3 is 11.1 Å². The third-order valence-corrected chi connectivity index (χ3v) is 4.45. The van der Waals surface area contributed by atoms with Crippen molar-refractivity contribution in [2.45, 2.75) is 13.8 Å². The highest BCUT2D eigenvalue weighted by atomic mass is 32.1. The minimum Gasteiger partial charge on any atom is -0.397 e. The standard InChI is InChI=1S/C16H15N3OS/c1-9-5-3-4-6-12(9)19-15(20)14-13(17)11-8-7-10(2)18-16(11)21-14/h3-8H,17H2,1-2H3,(H,19,20). The largest absolute Gasteiger partial charge is 0.397 e. The van der Waals surface area contributed by atoms with Crippen molar-refractivity contribution >= 4 is 38.8 Å². The molecule has 3 rings (SSSR count). The molecule has 2 aromatic heterocycles. The summed E-state index contributed by atoms with van der Waals surface area (Å²) in [5.74, 6) is -0.192. The molecule has 0 aliphatic heterocycles. The zero-order valence-electron chi connectivity index (χ0n) is 11.8. The molecule has 1 amide bonds. The van der Waals surface area contributed by atoms with Crippen LogP contribution in [0, 0.1) is 13.8 Å². The lowest BCUT2D eigenvalue weighted by atomic mass is 10.2. The molecule has 106 valence electrons. The lowest BCUT2D eigenvalue weighted by Crippen LogP contribution is -2.12. The molecule has 0 saturated carbocycles. The van der Waals surface area contributed by atoms with Gasteiger partial charge in [-0.15, -0.1) is 11.3 Å². The maximum Gasteiger partial charge on any atom is 0.267 e. The molecule has 3 aromatic rings. The second-order valence-electron chi connectivity index (χ2n) is 4.92. The number of anilines is 2. The number of amides is 1. The molecule has 0 saturated heterocycles. The predicted octanol–water partition coefficient (Wildman–Crippen LogP) is 3.75. The van der Waals surface area contributed by atoms with Crippen molar-refractivity contribution in [3.63, 3.8) is 0 Å². The maximum atomic E-state index is 12.4. The van der Waals surface area contributed by atoms with Crippen LogP contribution < -0.4 is 11.1 Å². The second kappa shape index (κ2) is 5.18. The minimum absolute atomic E-state index is 0.192. The van der Waals surface area contributed by atoms with Crippen LogP contribution in [0.3, 0.4) is 0 Å². The number of nitrogens with one attached hydrogen (secondary N) is 1. The van der Waals surface area contributed by atoms with Crippen LogP contribution in [-0.2, 0) is 0 Å². The van der Waals surface area contributed by atoms with Gasteiger partial charge in [0.2, 0.25) is 0 Å². The minimum atomic E-state index is -0.192. The number of benzene rings is 1. The van der Waals surface area contributed by atoms with Gasteiger partial charge in [0.05, 0.1) is 5.69 Å². The predicted molar refractivity (Wildman–Crippen MR) is 87.9 cm³/mol. The first kappa shape index (κ1) is 13.6. The first-order chi connectivity index (χ1) is 10.1. The number of fused-ring (bicyclic) bond motifs is 1. The normalized spacial score (nSPS) is 10.8. The second-order valence-corrected chi connectivity index (χ2v) is 5.92. The van der Waals surface area contributed by atoms with Crippen molar-refractivity contribution in [1.29, 1.82) is 0 Å². The summed E-state index contributed by atoms with van der Waals surface area (Å²) < 4.78 is 0. The number of para-hydroxylation sites is 1. The summed E-state index contributed by atoms with van der Waals surface area (Å²) in [6.07, 6.45) is 0. The fraction of sp³-hybridized carbons (Fsp3) is 0.125. The summed E-state index contributed by atoms with van der Waals surface area (Å²) in [7, 11) is 0. The smallest absolute Gasteiger partial charge is 0.267 e. The molecule has 0 aliphatic rings. The van der Waals surface area contributed by atoms with Crippen LogP contribution >= 0.6 is 11.3 Å². The van der Waals surface area contributed by atoms with E-state index in [9.17, 15) is 4.79 Å². The van der Waals surface area contributed by atoms with E-state index in [1.165, 1.54) is 11.3 Å². The third-order valence-electron chi connectivity index (χ3n) is 3.33. The topological polar surface area (TPSA) is 68.0 Å². The van der Waals surface area contributed by atoms with Crippen LogP contribution in [0.4, 0.5) is 11.4 Å². The Morgan fingerprint density at radius 3 is 2.71 bits per heavy atom. The van der Waals surface area contributed by atoms with Crippen molar-refractivity contribution < 1.29 is 4.79 Å². The van der Waals surface area contributed by atoms with Gasteiger partial charge in [0, 0.05) is 16.8 Å². The molecule has 0 fully saturated rings. The number of aryl methyl sites for hydroxylation is 2. The van der Waals surface area contributed by atoms with Crippen molar-refractivity contribution in [3.8, 4) is 0 Å². The highest BCUT2D eigenvalue weighted by molar-refractivity contribution is 7.21. The molecule has 4 nitrogen and oxygen atoms in total. The summed E-state index contributed by atoms with van der Waals surface area (Å²) in [6, 6.07) is 11.5. The Balaban J connectivity index is 1.98. The van der Waals surface area contributed by atoms with Crippen LogP contribution in [0.2, 0.25) is 0 Å². The van der Waals surface area contributed by atoms with E-state index >= 15 is 0 Å². The lowest BCUT2D eigenvalue weighted by molar-refractivity contribution is 0.103. The van der Waals surface area contributed by atoms with E-state index < -0.39 is 0 Å². The average Bonchev–Trinajstić information content (AvgIpc) is 2.78. The Labute approximate surface area is 126 Å². The molecule has 0 aliphatic carbocycles. The molecule has 2 heterocycles. The van der Waals surface area contributed by atoms with Crippen LogP contribution in [0.15, 0.2) is 36.4 Å². The van der Waals surface area contributed by atoms with E-state index in [0.717, 1.165) is 27.2 Å². The van der Waals surface area contributed by atoms with Gasteiger partial charge in [-0.3, -0.25) is 4.79 Å². The van der Waals surface area contributed by atoms with Gasteiger partial charge >= 0.3 is 0 Å². The summed E-state index contributed by atoms with van der Waals surface area (Å²) in [4.78, 5) is 18.2. The molecule has 0 unspecified atom stereocenters. The molecule has 3 N–H and O–H groups in total. The molecular formula is C16H15N3OS. The fourth-order valence-electron chi connectivity index (χ4n) is 2.15. The van der Waals surface area contributed by atoms with Crippen LogP contribution in [0.1, 0.15) is 20.9 Å². The number of carbonyl (C=O) groups excluding carboxylic acids is 1. The highest BCUT2D eigenvalue weighted by Gasteiger charge is 2.17. The van der Waals surface area contributed by atoms with E-state index in [-0.39, 0.29) is 5.91 Å². The highest BCUT2D eigenvalue weighted by Crippen LogP contribution is 2.33. The number of thiophene rings is 1. The fourth-order valence-corrected chi connectivity index (χ4v) is 3.19. The van der Waals surface area contributed by atoms with Gasteiger partial charge in [-0.2, -0.15) is 0 Å². The molecule has 21 heavy (non-hydrogen) atoms. The number of aromatic nitrogens is 1. The van der Waals surface area contributed by atoms with Gasteiger partial charge in [-0.05, 0) is 37.6 Å². The van der Waals surface area contributed by atoms with Crippen LogP contribution in [0.5, 0.6) is 0 Å². The van der Waals surface area contributed by atoms with Gasteiger partial charge in [0.25, 0.3) is 5.91 Å². The van der Waals surface area contributed by atoms with Crippen molar-refractivity contribution in [2.24, 2.45) is 0 Å². The monoisotopic (exact) mass is 297 g/mol. The van der Waals surface area contributed by atoms with E-state index in [1.807, 2.05) is 50.2 Å². The molecule has 0 spiro atoms. The number of nitrogens with two attached hydrogens (primary N) is 1. The van der Waals surface area contributed by atoms with E-state index in [2.05, 4.69) is 10.3 Å². The molecular weight excluding hydrogens is 282 g/mol. The van der Waals surface area contributed by atoms with E-state index in [1.54, 1.807) is 0 Å². The van der Waals surface area contributed by atoms with Crippen molar-refractivity contribution in [3.05, 3.63) is 52.5 Å². The van der Waals surface area contributed by atoms with Gasteiger partial charge in [-0.1, -0.05) is 18.2 Å². The summed E-state index contributed by atoms with van der Waals surface area (Å²) >= 11 is 1.32. The Morgan fingerprint density at radius 2 is 1.95 bits per heavy atom. The van der Waals surface area contributed by atoms with E-state index in [4.69, 9.17) is 5.73 Å². The number of nitrogen functional groups attached to an aromatic ring is 1. The Bertz CT molecular complexity index is 839. The van der Waals surface area contributed by atoms with Gasteiger partial charge in [0.15, 0.2) is 0 Å². The Hall–Kier alpha value is -2.40. The number of hydrogen-bond donors (Lipinski definition) is 2. The van der Waals surface area contributed by atoms with Gasteiger partial charge in [-0.25, -0.2) is 4.98 Å². The summed E-state index contributed by atoms with van der Waals surface area (Å²) in [5.41, 5.74) is 9.31. The average molecular weight is 297 g/mol. The van der Waals surface area contributed by atoms with Crippen LogP contribution in [-0.4, -0.2) is 10.9 Å². The third kappa shape index (κ3) is 2.48. The molecule has 0 bridgehead atoms. The SMILES string of the molecule is Cc1ccc2c(N)c(C(=O)Nc3ccccc3C)sc2n1. The number of nitrogens with zero attached hydrogens (tertiary/aromatic N) is 1. The number of rotatable bonds is 2. The molecule has 0 radical (unpaired) electrons. The van der Waals surface area contributed by atoms with E-state index in [0.29, 0.717) is 10.6 Å². The Kier molecular flexibility index (Phi) is 3.35. The zero-order valence-corrected chi connectivity index (χ0v) is 12.6. The lowest BCUT2D eigenvalue weighted by Gasteiger charge is -2.07. The summed E-state index contributed by atoms with van der Waals surface area (Å²) in [5, 5.41) is 3.74. The van der Waals surface area contributed by atoms with Gasteiger partial charge in [0.1, 0.15) is 9.71 Å². The number of carbonyl (C=O) groups is 1. The first-order valence-corrected chi connectivity index (χ1v) is 7.40. The van der Waals surface area contributed by atoms with Crippen molar-refractivity contribution in [2.75, 3.05) is 11.1 Å². The number of pyridine rings is 1. The Morgan fingerprint density at radius 1 is 1.19 bits per heavy atom.